The molecule has 0 radical (unpaired) electrons. The molecule has 0 amide bonds. The SMILES string of the molecule is O=c1c2cc(I)ccc2nc(C=Cc2ccccc2)n1-c1ccccc1Cl. The highest BCUT2D eigenvalue weighted by Gasteiger charge is 2.13. The van der Waals surface area contributed by atoms with E-state index in [9.17, 15) is 4.79 Å². The number of aromatic nitrogens is 2. The number of hydrogen-bond donors (Lipinski definition) is 0. The summed E-state index contributed by atoms with van der Waals surface area (Å²) in [6.07, 6.45) is 3.78. The largest absolute Gasteiger partial charge is 0.268 e. The van der Waals surface area contributed by atoms with E-state index in [0.717, 1.165) is 9.13 Å². The molecule has 27 heavy (non-hydrogen) atoms. The Hall–Kier alpha value is -2.44. The molecule has 0 saturated carbocycles. The first kappa shape index (κ1) is 17.9. The van der Waals surface area contributed by atoms with Crippen LogP contribution in [0.3, 0.4) is 0 Å². The molecule has 4 aromatic rings. The van der Waals surface area contributed by atoms with Crippen LogP contribution in [-0.2, 0) is 0 Å². The second kappa shape index (κ2) is 7.66. The Morgan fingerprint density at radius 1 is 0.926 bits per heavy atom. The minimum absolute atomic E-state index is 0.140. The fourth-order valence-electron chi connectivity index (χ4n) is 2.89. The molecule has 4 rings (SSSR count). The predicted octanol–water partition coefficient (Wildman–Crippen LogP) is 5.81. The smallest absolute Gasteiger partial charge is 0.266 e. The molecule has 3 aromatic carbocycles. The van der Waals surface area contributed by atoms with Gasteiger partial charge in [-0.2, -0.15) is 0 Å². The van der Waals surface area contributed by atoms with Gasteiger partial charge >= 0.3 is 0 Å². The van der Waals surface area contributed by atoms with Crippen molar-refractivity contribution in [3.05, 3.63) is 103 Å². The fourth-order valence-corrected chi connectivity index (χ4v) is 3.60. The van der Waals surface area contributed by atoms with Crippen LogP contribution in [0.25, 0.3) is 28.7 Å². The summed E-state index contributed by atoms with van der Waals surface area (Å²) >= 11 is 8.58. The Bertz CT molecular complexity index is 1220. The minimum Gasteiger partial charge on any atom is -0.268 e. The van der Waals surface area contributed by atoms with Gasteiger partial charge in [-0.3, -0.25) is 9.36 Å². The average molecular weight is 485 g/mol. The Labute approximate surface area is 175 Å². The molecule has 5 heteroatoms. The summed E-state index contributed by atoms with van der Waals surface area (Å²) in [4.78, 5) is 18.0. The van der Waals surface area contributed by atoms with Crippen LogP contribution < -0.4 is 5.56 Å². The molecule has 132 valence electrons. The van der Waals surface area contributed by atoms with Crippen molar-refractivity contribution in [2.24, 2.45) is 0 Å². The van der Waals surface area contributed by atoms with Crippen molar-refractivity contribution in [3.63, 3.8) is 0 Å². The first-order valence-electron chi connectivity index (χ1n) is 8.34. The van der Waals surface area contributed by atoms with Gasteiger partial charge in [0.15, 0.2) is 0 Å². The Morgan fingerprint density at radius 3 is 2.44 bits per heavy atom. The molecule has 0 saturated heterocycles. The maximum Gasteiger partial charge on any atom is 0.266 e. The third-order valence-electron chi connectivity index (χ3n) is 4.17. The number of nitrogens with zero attached hydrogens (tertiary/aromatic N) is 2. The van der Waals surface area contributed by atoms with Crippen LogP contribution in [0.4, 0.5) is 0 Å². The Kier molecular flexibility index (Phi) is 5.09. The van der Waals surface area contributed by atoms with Gasteiger partial charge in [0.05, 0.1) is 21.6 Å². The lowest BCUT2D eigenvalue weighted by molar-refractivity contribution is 0.944. The summed E-state index contributed by atoms with van der Waals surface area (Å²) in [5, 5.41) is 1.07. The molecule has 3 nitrogen and oxygen atoms in total. The quantitative estimate of drug-likeness (QED) is 0.344. The van der Waals surface area contributed by atoms with E-state index in [0.29, 0.717) is 27.4 Å². The highest BCUT2D eigenvalue weighted by Crippen LogP contribution is 2.22. The summed E-state index contributed by atoms with van der Waals surface area (Å²) in [7, 11) is 0. The molecule has 0 aliphatic carbocycles. The highest BCUT2D eigenvalue weighted by molar-refractivity contribution is 14.1. The highest BCUT2D eigenvalue weighted by atomic mass is 127. The molecule has 0 atom stereocenters. The lowest BCUT2D eigenvalue weighted by atomic mass is 10.2. The zero-order valence-corrected chi connectivity index (χ0v) is 17.1. The predicted molar refractivity (Wildman–Crippen MR) is 120 cm³/mol. The Balaban J connectivity index is 2.00. The van der Waals surface area contributed by atoms with E-state index in [1.54, 1.807) is 10.6 Å². The van der Waals surface area contributed by atoms with Crippen molar-refractivity contribution in [2.45, 2.75) is 0 Å². The second-order valence-corrected chi connectivity index (χ2v) is 7.62. The third kappa shape index (κ3) is 3.68. The number of hydrogen-bond acceptors (Lipinski definition) is 2. The van der Waals surface area contributed by atoms with E-state index < -0.39 is 0 Å². The molecule has 0 spiro atoms. The number of benzene rings is 3. The van der Waals surface area contributed by atoms with E-state index in [1.165, 1.54) is 0 Å². The zero-order chi connectivity index (χ0) is 18.8. The standard InChI is InChI=1S/C22H14ClIN2O/c23-18-8-4-5-9-20(18)26-21(13-10-15-6-2-1-3-7-15)25-19-12-11-16(24)14-17(19)22(26)27/h1-14H. The Morgan fingerprint density at radius 2 is 1.67 bits per heavy atom. The van der Waals surface area contributed by atoms with Crippen LogP contribution in [0.1, 0.15) is 11.4 Å². The molecule has 1 aromatic heterocycles. The van der Waals surface area contributed by atoms with Gasteiger partial charge in [-0.05, 0) is 64.6 Å². The van der Waals surface area contributed by atoms with Crippen LogP contribution in [0.15, 0.2) is 77.6 Å². The van der Waals surface area contributed by atoms with Crippen LogP contribution >= 0.6 is 34.2 Å². The summed E-state index contributed by atoms with van der Waals surface area (Å²) in [5.41, 5.74) is 2.17. The van der Waals surface area contributed by atoms with Crippen LogP contribution in [0, 0.1) is 3.57 Å². The lowest BCUT2D eigenvalue weighted by Crippen LogP contribution is -2.22. The van der Waals surface area contributed by atoms with Crippen LogP contribution in [0.2, 0.25) is 5.02 Å². The van der Waals surface area contributed by atoms with Gasteiger partial charge in [-0.15, -0.1) is 0 Å². The number of halogens is 2. The molecular formula is C22H14ClIN2O. The van der Waals surface area contributed by atoms with E-state index in [2.05, 4.69) is 22.6 Å². The van der Waals surface area contributed by atoms with E-state index in [4.69, 9.17) is 16.6 Å². The fraction of sp³-hybridized carbons (Fsp3) is 0. The van der Waals surface area contributed by atoms with E-state index in [1.807, 2.05) is 78.9 Å². The molecule has 0 N–H and O–H groups in total. The molecular weight excluding hydrogens is 471 g/mol. The first-order valence-corrected chi connectivity index (χ1v) is 9.79. The first-order chi connectivity index (χ1) is 13.1. The number of fused-ring (bicyclic) bond motifs is 1. The summed E-state index contributed by atoms with van der Waals surface area (Å²) in [6, 6.07) is 22.9. The molecule has 0 unspecified atom stereocenters. The van der Waals surface area contributed by atoms with Crippen molar-refractivity contribution in [1.82, 2.24) is 9.55 Å². The molecule has 0 aliphatic rings. The van der Waals surface area contributed by atoms with Crippen LogP contribution in [-0.4, -0.2) is 9.55 Å². The maximum absolute atomic E-state index is 13.3. The van der Waals surface area contributed by atoms with Gasteiger partial charge in [0.25, 0.3) is 5.56 Å². The van der Waals surface area contributed by atoms with Gasteiger partial charge in [-0.1, -0.05) is 60.1 Å². The third-order valence-corrected chi connectivity index (χ3v) is 5.16. The number of para-hydroxylation sites is 1. The molecule has 0 fully saturated rings. The summed E-state index contributed by atoms with van der Waals surface area (Å²) in [6.45, 7) is 0. The zero-order valence-electron chi connectivity index (χ0n) is 14.1. The topological polar surface area (TPSA) is 34.9 Å². The second-order valence-electron chi connectivity index (χ2n) is 5.97. The van der Waals surface area contributed by atoms with E-state index in [-0.39, 0.29) is 5.56 Å². The molecule has 1 heterocycles. The maximum atomic E-state index is 13.3. The van der Waals surface area contributed by atoms with Crippen molar-refractivity contribution < 1.29 is 0 Å². The van der Waals surface area contributed by atoms with Gasteiger partial charge in [0.1, 0.15) is 5.82 Å². The molecule has 0 bridgehead atoms. The van der Waals surface area contributed by atoms with Crippen molar-refractivity contribution >= 4 is 57.2 Å². The molecule has 0 aliphatic heterocycles. The van der Waals surface area contributed by atoms with Crippen molar-refractivity contribution in [3.8, 4) is 5.69 Å². The van der Waals surface area contributed by atoms with E-state index >= 15 is 0 Å². The van der Waals surface area contributed by atoms with Gasteiger partial charge < -0.3 is 0 Å². The van der Waals surface area contributed by atoms with Gasteiger partial charge in [0.2, 0.25) is 0 Å². The van der Waals surface area contributed by atoms with Gasteiger partial charge in [0, 0.05) is 3.57 Å². The van der Waals surface area contributed by atoms with Crippen molar-refractivity contribution in [2.75, 3.05) is 0 Å². The summed E-state index contributed by atoms with van der Waals surface area (Å²) in [5.74, 6) is 0.533. The normalized spacial score (nSPS) is 11.3. The van der Waals surface area contributed by atoms with Gasteiger partial charge in [-0.25, -0.2) is 4.98 Å². The lowest BCUT2D eigenvalue weighted by Gasteiger charge is -2.13. The van der Waals surface area contributed by atoms with Crippen LogP contribution in [0.5, 0.6) is 0 Å². The minimum atomic E-state index is -0.140. The number of rotatable bonds is 3. The van der Waals surface area contributed by atoms with Crippen molar-refractivity contribution in [1.29, 1.82) is 0 Å². The summed E-state index contributed by atoms with van der Waals surface area (Å²) < 4.78 is 2.55. The monoisotopic (exact) mass is 484 g/mol. The average Bonchev–Trinajstić information content (AvgIpc) is 2.69.